The molecular weight excluding hydrogens is 202 g/mol. The summed E-state index contributed by atoms with van der Waals surface area (Å²) in [7, 11) is 0. The normalized spacial score (nSPS) is 27.6. The van der Waals surface area contributed by atoms with E-state index in [0.717, 1.165) is 13.1 Å². The van der Waals surface area contributed by atoms with Crippen LogP contribution in [0.3, 0.4) is 0 Å². The Labute approximate surface area is 96.6 Å². The van der Waals surface area contributed by atoms with Crippen LogP contribution >= 0.6 is 0 Å². The van der Waals surface area contributed by atoms with E-state index in [1.165, 1.54) is 5.56 Å². The number of benzene rings is 1. The van der Waals surface area contributed by atoms with Crippen LogP contribution in [0.2, 0.25) is 0 Å². The summed E-state index contributed by atoms with van der Waals surface area (Å²) in [6, 6.07) is 10.3. The molecule has 1 atom stereocenters. The lowest BCUT2D eigenvalue weighted by molar-refractivity contribution is -0.0225. The number of β-amino-alcohol motifs (C(OH)–C–C–N with tert-alkyl or cyclic N) is 1. The third-order valence-electron chi connectivity index (χ3n) is 2.78. The molecule has 3 nitrogen and oxygen atoms in total. The smallest absolute Gasteiger partial charge is 0.0978 e. The van der Waals surface area contributed by atoms with Crippen LogP contribution < -0.4 is 0 Å². The molecule has 0 bridgehead atoms. The third-order valence-corrected chi connectivity index (χ3v) is 2.78. The van der Waals surface area contributed by atoms with E-state index < -0.39 is 5.60 Å². The van der Waals surface area contributed by atoms with E-state index in [-0.39, 0.29) is 0 Å². The first-order valence-corrected chi connectivity index (χ1v) is 5.72. The van der Waals surface area contributed by atoms with E-state index >= 15 is 0 Å². The minimum atomic E-state index is -0.731. The molecule has 1 N–H and O–H groups in total. The minimum Gasteiger partial charge on any atom is -0.386 e. The maximum atomic E-state index is 10.0. The first-order chi connectivity index (χ1) is 7.66. The van der Waals surface area contributed by atoms with Crippen molar-refractivity contribution in [2.45, 2.75) is 19.1 Å². The molecule has 0 saturated carbocycles. The topological polar surface area (TPSA) is 32.7 Å². The molecule has 0 amide bonds. The van der Waals surface area contributed by atoms with Crippen LogP contribution in [0.15, 0.2) is 30.3 Å². The summed E-state index contributed by atoms with van der Waals surface area (Å²) in [6.07, 6.45) is 0. The monoisotopic (exact) mass is 221 g/mol. The standard InChI is InChI=1S/C13H19NO2/c1-13(15)10-14(7-8-16-11-13)9-12-5-3-2-4-6-12/h2-6,15H,7-11H2,1H3/t13-/m0/s1. The fourth-order valence-electron chi connectivity index (χ4n) is 2.07. The number of hydrogen-bond donors (Lipinski definition) is 1. The van der Waals surface area contributed by atoms with Gasteiger partial charge in [-0.3, -0.25) is 4.90 Å². The van der Waals surface area contributed by atoms with Gasteiger partial charge in [0, 0.05) is 19.6 Å². The van der Waals surface area contributed by atoms with Crippen molar-refractivity contribution in [3.8, 4) is 0 Å². The molecule has 1 aromatic rings. The van der Waals surface area contributed by atoms with Gasteiger partial charge in [0.15, 0.2) is 0 Å². The minimum absolute atomic E-state index is 0.429. The van der Waals surface area contributed by atoms with Gasteiger partial charge < -0.3 is 9.84 Å². The van der Waals surface area contributed by atoms with E-state index in [2.05, 4.69) is 17.0 Å². The highest BCUT2D eigenvalue weighted by atomic mass is 16.5. The van der Waals surface area contributed by atoms with Crippen molar-refractivity contribution in [2.75, 3.05) is 26.3 Å². The van der Waals surface area contributed by atoms with E-state index in [4.69, 9.17) is 4.74 Å². The van der Waals surface area contributed by atoms with Gasteiger partial charge in [-0.25, -0.2) is 0 Å². The number of rotatable bonds is 2. The van der Waals surface area contributed by atoms with Crippen LogP contribution in [0, 0.1) is 0 Å². The van der Waals surface area contributed by atoms with E-state index in [0.29, 0.717) is 19.8 Å². The molecule has 1 fully saturated rings. The Bertz CT molecular complexity index is 324. The third kappa shape index (κ3) is 3.30. The highest BCUT2D eigenvalue weighted by molar-refractivity contribution is 5.14. The highest BCUT2D eigenvalue weighted by Crippen LogP contribution is 2.14. The van der Waals surface area contributed by atoms with Gasteiger partial charge in [-0.2, -0.15) is 0 Å². The Balaban J connectivity index is 1.98. The van der Waals surface area contributed by atoms with Crippen LogP contribution in [0.1, 0.15) is 12.5 Å². The fourth-order valence-corrected chi connectivity index (χ4v) is 2.07. The zero-order valence-corrected chi connectivity index (χ0v) is 9.72. The van der Waals surface area contributed by atoms with Crippen molar-refractivity contribution < 1.29 is 9.84 Å². The van der Waals surface area contributed by atoms with Gasteiger partial charge in [0.2, 0.25) is 0 Å². The van der Waals surface area contributed by atoms with E-state index in [9.17, 15) is 5.11 Å². The Morgan fingerprint density at radius 2 is 2.12 bits per heavy atom. The Kier molecular flexibility index (Phi) is 3.59. The van der Waals surface area contributed by atoms with Gasteiger partial charge in [0.25, 0.3) is 0 Å². The maximum Gasteiger partial charge on any atom is 0.0978 e. The molecule has 1 heterocycles. The second kappa shape index (κ2) is 4.95. The van der Waals surface area contributed by atoms with Gasteiger partial charge in [-0.1, -0.05) is 30.3 Å². The predicted molar refractivity (Wildman–Crippen MR) is 63.2 cm³/mol. The second-order valence-electron chi connectivity index (χ2n) is 4.75. The quantitative estimate of drug-likeness (QED) is 0.816. The molecule has 16 heavy (non-hydrogen) atoms. The first-order valence-electron chi connectivity index (χ1n) is 5.72. The summed E-state index contributed by atoms with van der Waals surface area (Å²) in [5.74, 6) is 0. The van der Waals surface area contributed by atoms with Crippen molar-refractivity contribution in [1.82, 2.24) is 4.90 Å². The van der Waals surface area contributed by atoms with Crippen molar-refractivity contribution in [3.63, 3.8) is 0 Å². The summed E-state index contributed by atoms with van der Waals surface area (Å²) in [4.78, 5) is 2.24. The van der Waals surface area contributed by atoms with Crippen LogP contribution in [0.4, 0.5) is 0 Å². The molecule has 0 spiro atoms. The molecule has 1 aliphatic rings. The van der Waals surface area contributed by atoms with Crippen LogP contribution in [0.25, 0.3) is 0 Å². The van der Waals surface area contributed by atoms with Gasteiger partial charge in [0.05, 0.1) is 18.8 Å². The molecule has 0 aliphatic carbocycles. The molecule has 0 aromatic heterocycles. The van der Waals surface area contributed by atoms with Gasteiger partial charge in [-0.05, 0) is 12.5 Å². The lowest BCUT2D eigenvalue weighted by Gasteiger charge is -2.27. The average Bonchev–Trinajstić information content (AvgIpc) is 2.40. The Morgan fingerprint density at radius 3 is 2.88 bits per heavy atom. The second-order valence-corrected chi connectivity index (χ2v) is 4.75. The molecule has 1 aliphatic heterocycles. The van der Waals surface area contributed by atoms with Crippen molar-refractivity contribution in [3.05, 3.63) is 35.9 Å². The molecule has 2 rings (SSSR count). The molecule has 1 aromatic carbocycles. The molecule has 88 valence electrons. The lowest BCUT2D eigenvalue weighted by Crippen LogP contribution is -2.41. The molecule has 3 heteroatoms. The lowest BCUT2D eigenvalue weighted by atomic mass is 10.1. The first kappa shape index (κ1) is 11.6. The zero-order valence-electron chi connectivity index (χ0n) is 9.72. The largest absolute Gasteiger partial charge is 0.386 e. The number of aliphatic hydroxyl groups is 1. The number of hydrogen-bond acceptors (Lipinski definition) is 3. The Hall–Kier alpha value is -0.900. The average molecular weight is 221 g/mol. The summed E-state index contributed by atoms with van der Waals surface area (Å²) in [5, 5.41) is 10.0. The molecular formula is C13H19NO2. The van der Waals surface area contributed by atoms with Crippen LogP contribution in [-0.2, 0) is 11.3 Å². The summed E-state index contributed by atoms with van der Waals surface area (Å²) in [5.41, 5.74) is 0.547. The Morgan fingerprint density at radius 1 is 1.38 bits per heavy atom. The van der Waals surface area contributed by atoms with Crippen molar-refractivity contribution >= 4 is 0 Å². The maximum absolute atomic E-state index is 10.0. The SMILES string of the molecule is C[C@@]1(O)COCCN(Cc2ccccc2)C1. The van der Waals surface area contributed by atoms with E-state index in [1.807, 2.05) is 25.1 Å². The van der Waals surface area contributed by atoms with E-state index in [1.54, 1.807) is 0 Å². The van der Waals surface area contributed by atoms with Crippen LogP contribution in [0.5, 0.6) is 0 Å². The summed E-state index contributed by atoms with van der Waals surface area (Å²) in [6.45, 7) is 5.38. The summed E-state index contributed by atoms with van der Waals surface area (Å²) >= 11 is 0. The van der Waals surface area contributed by atoms with Crippen molar-refractivity contribution in [2.24, 2.45) is 0 Å². The van der Waals surface area contributed by atoms with Gasteiger partial charge in [0.1, 0.15) is 0 Å². The molecule has 1 saturated heterocycles. The molecule has 0 unspecified atom stereocenters. The van der Waals surface area contributed by atoms with Gasteiger partial charge in [-0.15, -0.1) is 0 Å². The van der Waals surface area contributed by atoms with Crippen LogP contribution in [-0.4, -0.2) is 41.9 Å². The fraction of sp³-hybridized carbons (Fsp3) is 0.538. The zero-order chi connectivity index (χ0) is 11.4. The summed E-state index contributed by atoms with van der Waals surface area (Å²) < 4.78 is 5.39. The number of nitrogens with zero attached hydrogens (tertiary/aromatic N) is 1. The van der Waals surface area contributed by atoms with Gasteiger partial charge >= 0.3 is 0 Å². The predicted octanol–water partition coefficient (Wildman–Crippen LogP) is 1.27. The number of ether oxygens (including phenoxy) is 1. The highest BCUT2D eigenvalue weighted by Gasteiger charge is 2.27. The molecule has 0 radical (unpaired) electrons. The van der Waals surface area contributed by atoms with Crippen molar-refractivity contribution in [1.29, 1.82) is 0 Å².